The van der Waals surface area contributed by atoms with Crippen LogP contribution in [-0.4, -0.2) is 17.3 Å². The van der Waals surface area contributed by atoms with E-state index in [0.717, 1.165) is 61.5 Å². The van der Waals surface area contributed by atoms with Gasteiger partial charge in [0, 0.05) is 17.9 Å². The molecule has 3 heteroatoms. The Morgan fingerprint density at radius 3 is 1.84 bits per heavy atom. The minimum atomic E-state index is -0.0817. The molecule has 1 aromatic rings. The first-order chi connectivity index (χ1) is 20.5. The van der Waals surface area contributed by atoms with E-state index in [2.05, 4.69) is 74.4 Å². The third-order valence-electron chi connectivity index (χ3n) is 10.2. The second kappa shape index (κ2) is 21.1. The fourth-order valence-corrected chi connectivity index (χ4v) is 7.76. The largest absolute Gasteiger partial charge is 0.300 e. The van der Waals surface area contributed by atoms with Gasteiger partial charge in [0.15, 0.2) is 5.78 Å². The number of aryl methyl sites for hydroxylation is 1. The Bertz CT molecular complexity index is 954. The van der Waals surface area contributed by atoms with Gasteiger partial charge in [-0.25, -0.2) is 0 Å². The molecule has 0 saturated heterocycles. The Morgan fingerprint density at radius 2 is 1.37 bits per heavy atom. The lowest BCUT2D eigenvalue weighted by atomic mass is 9.70. The van der Waals surface area contributed by atoms with Gasteiger partial charge in [-0.3, -0.25) is 14.4 Å². The number of fused-ring (bicyclic) bond motifs is 1. The maximum atomic E-state index is 13.6. The van der Waals surface area contributed by atoms with E-state index in [1.54, 1.807) is 0 Å². The van der Waals surface area contributed by atoms with E-state index in [4.69, 9.17) is 0 Å². The number of Topliss-reactive ketones (excluding diaryl/α,β-unsaturated/α-hetero) is 3. The van der Waals surface area contributed by atoms with E-state index in [9.17, 15) is 14.4 Å². The smallest absolute Gasteiger partial charge is 0.163 e. The topological polar surface area (TPSA) is 51.2 Å². The summed E-state index contributed by atoms with van der Waals surface area (Å²) in [5.41, 5.74) is 4.81. The maximum absolute atomic E-state index is 13.6. The molecule has 3 nitrogen and oxygen atoms in total. The molecule has 0 heterocycles. The van der Waals surface area contributed by atoms with Gasteiger partial charge >= 0.3 is 0 Å². The molecule has 0 spiro atoms. The van der Waals surface area contributed by atoms with Gasteiger partial charge in [0.1, 0.15) is 11.6 Å². The van der Waals surface area contributed by atoms with Gasteiger partial charge in [-0.1, -0.05) is 112 Å². The van der Waals surface area contributed by atoms with Crippen molar-refractivity contribution in [1.29, 1.82) is 0 Å². The van der Waals surface area contributed by atoms with Gasteiger partial charge in [-0.05, 0) is 98.7 Å². The monoisotopic (exact) mass is 597 g/mol. The quantitative estimate of drug-likeness (QED) is 0.149. The summed E-state index contributed by atoms with van der Waals surface area (Å²) in [7, 11) is 0. The summed E-state index contributed by atoms with van der Waals surface area (Å²) in [6.45, 7) is 21.4. The van der Waals surface area contributed by atoms with Crippen molar-refractivity contribution in [1.82, 2.24) is 0 Å². The normalized spacial score (nSPS) is 16.2. The molecular formula is C40H68O3. The molecule has 0 amide bonds. The molecule has 3 atom stereocenters. The predicted molar refractivity (Wildman–Crippen MR) is 185 cm³/mol. The number of carbonyl (C=O) groups excluding carboxylic acids is 3. The van der Waals surface area contributed by atoms with Crippen LogP contribution in [0.4, 0.5) is 0 Å². The van der Waals surface area contributed by atoms with E-state index in [1.165, 1.54) is 63.0 Å². The fourth-order valence-electron chi connectivity index (χ4n) is 7.76. The summed E-state index contributed by atoms with van der Waals surface area (Å²) in [6.07, 6.45) is 15.1. The summed E-state index contributed by atoms with van der Waals surface area (Å²) in [4.78, 5) is 38.4. The molecule has 0 saturated carbocycles. The molecule has 0 radical (unpaired) electrons. The van der Waals surface area contributed by atoms with Crippen LogP contribution in [0, 0.1) is 42.4 Å². The van der Waals surface area contributed by atoms with E-state index < -0.39 is 0 Å². The number of rotatable bonds is 19. The maximum Gasteiger partial charge on any atom is 0.163 e. The molecule has 0 aliphatic heterocycles. The summed E-state index contributed by atoms with van der Waals surface area (Å²) >= 11 is 0. The first kappa shape index (κ1) is 39.3. The number of hydrogen-bond donors (Lipinski definition) is 0. The van der Waals surface area contributed by atoms with Gasteiger partial charge in [0.25, 0.3) is 0 Å². The van der Waals surface area contributed by atoms with Crippen molar-refractivity contribution in [3.8, 4) is 0 Å². The van der Waals surface area contributed by atoms with E-state index in [0.29, 0.717) is 18.1 Å². The van der Waals surface area contributed by atoms with Gasteiger partial charge in [-0.2, -0.15) is 0 Å². The average Bonchev–Trinajstić information content (AvgIpc) is 2.96. The third kappa shape index (κ3) is 12.6. The zero-order valence-corrected chi connectivity index (χ0v) is 30.0. The highest BCUT2D eigenvalue weighted by molar-refractivity contribution is 6.00. The molecule has 0 fully saturated rings. The standard InChI is InChI=1S/C37H60O3.C3H8/c1-9-15-31(33(14-6)35(39)18-26(8)38)22-30-23-34-32(17-16-25(7)37(34)36(40)24-30)21-29(19-27(10-2)11-3)20-28(12-4)13-5;1-3-2/h16-17,27-31,33H,9-15,18-24H2,1-8H3;3H2,1-2H3. The van der Waals surface area contributed by atoms with Crippen molar-refractivity contribution < 1.29 is 14.4 Å². The molecule has 2 rings (SSSR count). The molecule has 0 bridgehead atoms. The minimum absolute atomic E-state index is 0.0445. The van der Waals surface area contributed by atoms with Crippen molar-refractivity contribution in [3.63, 3.8) is 0 Å². The van der Waals surface area contributed by atoms with Crippen LogP contribution in [0.5, 0.6) is 0 Å². The molecule has 246 valence electrons. The minimum Gasteiger partial charge on any atom is -0.300 e. The molecule has 0 N–H and O–H groups in total. The van der Waals surface area contributed by atoms with E-state index in [-0.39, 0.29) is 35.7 Å². The van der Waals surface area contributed by atoms with Crippen molar-refractivity contribution in [3.05, 3.63) is 34.4 Å². The average molecular weight is 597 g/mol. The van der Waals surface area contributed by atoms with E-state index in [1.807, 2.05) is 0 Å². The van der Waals surface area contributed by atoms with Crippen molar-refractivity contribution in [2.24, 2.45) is 35.5 Å². The second-order valence-corrected chi connectivity index (χ2v) is 13.9. The second-order valence-electron chi connectivity index (χ2n) is 13.9. The highest BCUT2D eigenvalue weighted by atomic mass is 16.1. The number of benzene rings is 1. The van der Waals surface area contributed by atoms with Crippen LogP contribution in [0.1, 0.15) is 173 Å². The van der Waals surface area contributed by atoms with Crippen LogP contribution >= 0.6 is 0 Å². The number of carbonyl (C=O) groups is 3. The van der Waals surface area contributed by atoms with Crippen LogP contribution in [0.25, 0.3) is 0 Å². The van der Waals surface area contributed by atoms with Crippen molar-refractivity contribution in [2.75, 3.05) is 0 Å². The van der Waals surface area contributed by atoms with Gasteiger partial charge in [0.05, 0.1) is 6.42 Å². The van der Waals surface area contributed by atoms with Crippen LogP contribution in [0.3, 0.4) is 0 Å². The summed E-state index contributed by atoms with van der Waals surface area (Å²) < 4.78 is 0. The Labute approximate surface area is 266 Å². The molecule has 1 aliphatic rings. The fraction of sp³-hybridized carbons (Fsp3) is 0.775. The van der Waals surface area contributed by atoms with Gasteiger partial charge in [0.2, 0.25) is 0 Å². The summed E-state index contributed by atoms with van der Waals surface area (Å²) in [5.74, 6) is 2.96. The molecular weight excluding hydrogens is 528 g/mol. The lowest BCUT2D eigenvalue weighted by molar-refractivity contribution is -0.129. The van der Waals surface area contributed by atoms with Gasteiger partial charge < -0.3 is 0 Å². The third-order valence-corrected chi connectivity index (χ3v) is 10.2. The Hall–Kier alpha value is -1.77. The highest BCUT2D eigenvalue weighted by Gasteiger charge is 2.34. The van der Waals surface area contributed by atoms with Crippen LogP contribution in [0.15, 0.2) is 12.1 Å². The first-order valence-electron chi connectivity index (χ1n) is 18.2. The number of hydrogen-bond acceptors (Lipinski definition) is 3. The summed E-state index contributed by atoms with van der Waals surface area (Å²) in [5, 5.41) is 0. The van der Waals surface area contributed by atoms with Crippen LogP contribution in [0.2, 0.25) is 0 Å². The Morgan fingerprint density at radius 1 is 0.814 bits per heavy atom. The zero-order chi connectivity index (χ0) is 32.5. The van der Waals surface area contributed by atoms with E-state index >= 15 is 0 Å². The molecule has 43 heavy (non-hydrogen) atoms. The number of ketones is 3. The van der Waals surface area contributed by atoms with Crippen LogP contribution in [-0.2, 0) is 22.4 Å². The van der Waals surface area contributed by atoms with Crippen molar-refractivity contribution in [2.45, 2.75) is 166 Å². The highest BCUT2D eigenvalue weighted by Crippen LogP contribution is 2.39. The predicted octanol–water partition coefficient (Wildman–Crippen LogP) is 11.3. The zero-order valence-electron chi connectivity index (χ0n) is 30.0. The summed E-state index contributed by atoms with van der Waals surface area (Å²) in [6, 6.07) is 4.51. The molecule has 0 aromatic heterocycles. The van der Waals surface area contributed by atoms with Crippen LogP contribution < -0.4 is 0 Å². The lowest BCUT2D eigenvalue weighted by Gasteiger charge is -2.33. The molecule has 1 aromatic carbocycles. The SMILES string of the molecule is CCC.CCCC(CC1CC(=O)c2c(C)ccc(CC(CC(CC)CC)CC(CC)CC)c2C1)C(CC)C(=O)CC(C)=O. The first-order valence-corrected chi connectivity index (χ1v) is 18.2. The van der Waals surface area contributed by atoms with Crippen molar-refractivity contribution >= 4 is 17.3 Å². The lowest BCUT2D eigenvalue weighted by Crippen LogP contribution is -2.30. The molecule has 1 aliphatic carbocycles. The molecule has 3 unspecified atom stereocenters. The van der Waals surface area contributed by atoms with Gasteiger partial charge in [-0.15, -0.1) is 0 Å². The Kier molecular flexibility index (Phi) is 19.2. The Balaban J connectivity index is 0.00000295.